The molecule has 1 aliphatic heterocycles. The summed E-state index contributed by atoms with van der Waals surface area (Å²) in [6.45, 7) is 8.65. The first-order valence-electron chi connectivity index (χ1n) is 10.6. The fourth-order valence-electron chi connectivity index (χ4n) is 3.71. The first kappa shape index (κ1) is 22.1. The topological polar surface area (TPSA) is 84.3 Å². The number of hydrogen-bond acceptors (Lipinski definition) is 4. The Morgan fingerprint density at radius 3 is 2.41 bits per heavy atom. The number of nitrogens with zero attached hydrogens (tertiary/aromatic N) is 3. The Morgan fingerprint density at radius 1 is 1.03 bits per heavy atom. The van der Waals surface area contributed by atoms with Gasteiger partial charge in [-0.25, -0.2) is 13.1 Å². The molecule has 3 aromatic rings. The van der Waals surface area contributed by atoms with Crippen LogP contribution in [-0.4, -0.2) is 36.4 Å². The lowest BCUT2D eigenvalue weighted by Crippen LogP contribution is -2.25. The Balaban J connectivity index is 1.68. The molecule has 0 bridgehead atoms. The molecule has 0 atom stereocenters. The second-order valence-electron chi connectivity index (χ2n) is 9.16. The summed E-state index contributed by atoms with van der Waals surface area (Å²) in [5, 5.41) is 7.72. The highest BCUT2D eigenvalue weighted by molar-refractivity contribution is 7.93. The summed E-state index contributed by atoms with van der Waals surface area (Å²) >= 11 is 0. The molecule has 8 heteroatoms. The quantitative estimate of drug-likeness (QED) is 0.641. The fourth-order valence-corrected chi connectivity index (χ4v) is 5.27. The number of nitrogens with one attached hydrogen (secondary N) is 1. The summed E-state index contributed by atoms with van der Waals surface area (Å²) in [6.07, 6.45) is 0.587. The van der Waals surface area contributed by atoms with Crippen LogP contribution in [0.4, 0.5) is 11.5 Å². The first-order chi connectivity index (χ1) is 15.0. The van der Waals surface area contributed by atoms with E-state index >= 15 is 0 Å². The van der Waals surface area contributed by atoms with Gasteiger partial charge in [0.15, 0.2) is 0 Å². The summed E-state index contributed by atoms with van der Waals surface area (Å²) in [5.41, 5.74) is 3.50. The second kappa shape index (κ2) is 8.09. The van der Waals surface area contributed by atoms with E-state index in [0.717, 1.165) is 16.9 Å². The molecule has 0 spiro atoms. The minimum Gasteiger partial charge on any atom is -0.306 e. The Kier molecular flexibility index (Phi) is 5.58. The van der Waals surface area contributed by atoms with Crippen LogP contribution in [0.5, 0.6) is 0 Å². The Hall–Kier alpha value is -3.13. The van der Waals surface area contributed by atoms with Crippen molar-refractivity contribution in [1.82, 2.24) is 9.78 Å². The van der Waals surface area contributed by atoms with E-state index in [0.29, 0.717) is 30.0 Å². The Bertz CT molecular complexity index is 1270. The molecule has 0 unspecified atom stereocenters. The number of amides is 1. The first-order valence-corrected chi connectivity index (χ1v) is 12.2. The van der Waals surface area contributed by atoms with Gasteiger partial charge in [0.1, 0.15) is 5.82 Å². The largest absolute Gasteiger partial charge is 0.306 e. The number of aromatic nitrogens is 2. The van der Waals surface area contributed by atoms with Crippen LogP contribution in [0, 0.1) is 6.92 Å². The van der Waals surface area contributed by atoms with Gasteiger partial charge in [0, 0.05) is 23.6 Å². The van der Waals surface area contributed by atoms with E-state index in [9.17, 15) is 13.2 Å². The van der Waals surface area contributed by atoms with Crippen molar-refractivity contribution in [1.29, 1.82) is 0 Å². The zero-order valence-corrected chi connectivity index (χ0v) is 19.6. The highest BCUT2D eigenvalue weighted by atomic mass is 32.2. The molecule has 168 valence electrons. The van der Waals surface area contributed by atoms with Crippen molar-refractivity contribution < 1.29 is 13.2 Å². The summed E-state index contributed by atoms with van der Waals surface area (Å²) < 4.78 is 27.7. The van der Waals surface area contributed by atoms with Gasteiger partial charge in [-0.15, -0.1) is 0 Å². The number of rotatable bonds is 4. The third kappa shape index (κ3) is 4.41. The normalized spacial score (nSPS) is 15.7. The lowest BCUT2D eigenvalue weighted by Gasteiger charge is -2.17. The zero-order chi connectivity index (χ0) is 23.1. The van der Waals surface area contributed by atoms with E-state index in [-0.39, 0.29) is 17.1 Å². The number of aryl methyl sites for hydroxylation is 1. The molecule has 0 aliphatic carbocycles. The molecule has 1 fully saturated rings. The van der Waals surface area contributed by atoms with E-state index in [2.05, 4.69) is 26.1 Å². The van der Waals surface area contributed by atoms with Crippen molar-refractivity contribution in [3.63, 3.8) is 0 Å². The average Bonchev–Trinajstić information content (AvgIpc) is 3.31. The van der Waals surface area contributed by atoms with E-state index in [1.165, 1.54) is 4.31 Å². The van der Waals surface area contributed by atoms with E-state index in [1.54, 1.807) is 28.9 Å². The highest BCUT2D eigenvalue weighted by Crippen LogP contribution is 2.28. The smallest absolute Gasteiger partial charge is 0.256 e. The fraction of sp³-hybridized carbons (Fsp3) is 0.333. The van der Waals surface area contributed by atoms with Gasteiger partial charge in [-0.2, -0.15) is 5.10 Å². The SMILES string of the molecule is Cc1cccc(-n2nc(C(C)(C)C)cc2NC(=O)c2cccc(N3CCCS3(=O)=O)c2)c1. The van der Waals surface area contributed by atoms with Crippen molar-refractivity contribution in [2.45, 2.75) is 39.5 Å². The van der Waals surface area contributed by atoms with Gasteiger partial charge >= 0.3 is 0 Å². The number of anilines is 2. The van der Waals surface area contributed by atoms with E-state index in [1.807, 2.05) is 37.3 Å². The van der Waals surface area contributed by atoms with Gasteiger partial charge in [-0.1, -0.05) is 39.0 Å². The zero-order valence-electron chi connectivity index (χ0n) is 18.8. The van der Waals surface area contributed by atoms with Crippen molar-refractivity contribution in [3.8, 4) is 5.69 Å². The molecule has 2 heterocycles. The van der Waals surface area contributed by atoms with Gasteiger partial charge in [0.25, 0.3) is 5.91 Å². The van der Waals surface area contributed by atoms with Crippen LogP contribution in [0.3, 0.4) is 0 Å². The maximum absolute atomic E-state index is 13.1. The number of sulfonamides is 1. The summed E-state index contributed by atoms with van der Waals surface area (Å²) in [6, 6.07) is 16.5. The highest BCUT2D eigenvalue weighted by Gasteiger charge is 2.29. The monoisotopic (exact) mass is 452 g/mol. The van der Waals surface area contributed by atoms with E-state index < -0.39 is 10.0 Å². The lowest BCUT2D eigenvalue weighted by molar-refractivity contribution is 0.102. The third-order valence-corrected chi connectivity index (χ3v) is 7.33. The van der Waals surface area contributed by atoms with Crippen LogP contribution in [0.2, 0.25) is 0 Å². The van der Waals surface area contributed by atoms with Gasteiger partial charge in [0.05, 0.1) is 22.8 Å². The molecule has 4 rings (SSSR count). The molecule has 0 radical (unpaired) electrons. The Morgan fingerprint density at radius 2 is 1.75 bits per heavy atom. The number of benzene rings is 2. The molecule has 7 nitrogen and oxygen atoms in total. The summed E-state index contributed by atoms with van der Waals surface area (Å²) in [5.74, 6) is 0.372. The predicted molar refractivity (Wildman–Crippen MR) is 127 cm³/mol. The van der Waals surface area contributed by atoms with Gasteiger partial charge in [-0.05, 0) is 49.2 Å². The minimum absolute atomic E-state index is 0.134. The maximum Gasteiger partial charge on any atom is 0.256 e. The molecule has 32 heavy (non-hydrogen) atoms. The summed E-state index contributed by atoms with van der Waals surface area (Å²) in [7, 11) is -3.31. The van der Waals surface area contributed by atoms with Crippen LogP contribution in [0.25, 0.3) is 5.69 Å². The van der Waals surface area contributed by atoms with Crippen molar-refractivity contribution in [3.05, 3.63) is 71.4 Å². The number of carbonyl (C=O) groups is 1. The molecule has 1 N–H and O–H groups in total. The van der Waals surface area contributed by atoms with Crippen molar-refractivity contribution >= 4 is 27.4 Å². The van der Waals surface area contributed by atoms with Crippen molar-refractivity contribution in [2.75, 3.05) is 21.9 Å². The predicted octanol–water partition coefficient (Wildman–Crippen LogP) is 4.27. The molecule has 1 aromatic heterocycles. The van der Waals surface area contributed by atoms with Crippen LogP contribution in [0.1, 0.15) is 48.8 Å². The van der Waals surface area contributed by atoms with Crippen LogP contribution in [0.15, 0.2) is 54.6 Å². The molecule has 2 aromatic carbocycles. The maximum atomic E-state index is 13.1. The molecule has 1 amide bonds. The molecular formula is C24H28N4O3S. The van der Waals surface area contributed by atoms with Crippen LogP contribution in [-0.2, 0) is 15.4 Å². The number of carbonyl (C=O) groups excluding carboxylic acids is 1. The molecular weight excluding hydrogens is 424 g/mol. The van der Waals surface area contributed by atoms with Crippen molar-refractivity contribution in [2.24, 2.45) is 0 Å². The van der Waals surface area contributed by atoms with Crippen LogP contribution < -0.4 is 9.62 Å². The lowest BCUT2D eigenvalue weighted by atomic mass is 9.92. The molecule has 1 aliphatic rings. The standard InChI is InChI=1S/C24H28N4O3S/c1-17-8-5-11-20(14-17)28-22(16-21(26-28)24(2,3)4)25-23(29)18-9-6-10-19(15-18)27-12-7-13-32(27,30)31/h5-6,8-11,14-16H,7,12-13H2,1-4H3,(H,25,29). The van der Waals surface area contributed by atoms with Gasteiger partial charge < -0.3 is 5.32 Å². The molecule has 0 saturated carbocycles. The number of hydrogen-bond donors (Lipinski definition) is 1. The Labute approximate surface area is 189 Å². The average molecular weight is 453 g/mol. The second-order valence-corrected chi connectivity index (χ2v) is 11.2. The van der Waals surface area contributed by atoms with Gasteiger partial charge in [0.2, 0.25) is 10.0 Å². The van der Waals surface area contributed by atoms with E-state index in [4.69, 9.17) is 5.10 Å². The summed E-state index contributed by atoms with van der Waals surface area (Å²) in [4.78, 5) is 13.1. The molecule has 1 saturated heterocycles. The third-order valence-electron chi connectivity index (χ3n) is 5.46. The van der Waals surface area contributed by atoms with Gasteiger partial charge in [-0.3, -0.25) is 9.10 Å². The van der Waals surface area contributed by atoms with Crippen LogP contribution >= 0.6 is 0 Å². The minimum atomic E-state index is -3.31.